The second-order valence-corrected chi connectivity index (χ2v) is 13.5. The molecule has 0 radical (unpaired) electrons. The number of esters is 3. The van der Waals surface area contributed by atoms with E-state index in [1.807, 2.05) is 0 Å². The third-order valence-electron chi connectivity index (χ3n) is 9.33. The molecule has 10 nitrogen and oxygen atoms in total. The van der Waals surface area contributed by atoms with Gasteiger partial charge in [-0.15, -0.1) is 0 Å². The summed E-state index contributed by atoms with van der Waals surface area (Å²) >= 11 is 0. The monoisotopic (exact) mass is 852 g/mol. The maximum absolute atomic E-state index is 14.8. The molecular weight excluding hydrogens is 811 g/mol. The van der Waals surface area contributed by atoms with Crippen LogP contribution in [0.15, 0.2) is 103 Å². The summed E-state index contributed by atoms with van der Waals surface area (Å²) in [4.78, 5) is 40.5. The number of aliphatic hydroxyl groups is 1. The van der Waals surface area contributed by atoms with Crippen LogP contribution in [0.25, 0.3) is 0 Å². The minimum atomic E-state index is -5.54. The molecule has 0 spiro atoms. The number of hydrogen-bond donors (Lipinski definition) is 1. The van der Waals surface area contributed by atoms with Crippen molar-refractivity contribution < 1.29 is 87.4 Å². The predicted octanol–water partition coefficient (Wildman–Crippen LogP) is 7.77. The molecule has 3 aromatic carbocycles. The van der Waals surface area contributed by atoms with Gasteiger partial charge in [-0.25, -0.2) is 14.4 Å². The summed E-state index contributed by atoms with van der Waals surface area (Å²) in [5, 5.41) is 10.9. The number of benzene rings is 3. The summed E-state index contributed by atoms with van der Waals surface area (Å²) in [5.74, 6) is -6.33. The molecule has 3 rings (SSSR count). The van der Waals surface area contributed by atoms with Crippen LogP contribution in [-0.4, -0.2) is 87.3 Å². The lowest BCUT2D eigenvalue weighted by molar-refractivity contribution is -0.281. The first kappa shape index (κ1) is 48.4. The van der Waals surface area contributed by atoms with Gasteiger partial charge in [0.05, 0.1) is 5.60 Å². The fourth-order valence-corrected chi connectivity index (χ4v) is 6.00. The molecule has 1 N–H and O–H groups in total. The highest BCUT2D eigenvalue weighted by atomic mass is 19.4. The zero-order valence-electron chi connectivity index (χ0n) is 32.3. The number of ether oxygens (including phenoxy) is 6. The molecule has 3 aromatic rings. The van der Waals surface area contributed by atoms with Crippen LogP contribution in [0.5, 0.6) is 0 Å². The van der Waals surface area contributed by atoms with Gasteiger partial charge in [0.1, 0.15) is 12.7 Å². The highest BCUT2D eigenvalue weighted by Crippen LogP contribution is 2.46. The lowest BCUT2D eigenvalue weighted by atomic mass is 9.91. The van der Waals surface area contributed by atoms with Gasteiger partial charge in [0.15, 0.2) is 6.10 Å². The minimum absolute atomic E-state index is 0.400. The molecule has 59 heavy (non-hydrogen) atoms. The van der Waals surface area contributed by atoms with Gasteiger partial charge in [-0.1, -0.05) is 97.1 Å². The molecule has 0 fully saturated rings. The van der Waals surface area contributed by atoms with E-state index in [0.29, 0.717) is 21.3 Å². The van der Waals surface area contributed by atoms with Crippen molar-refractivity contribution in [1.82, 2.24) is 0 Å². The van der Waals surface area contributed by atoms with Crippen molar-refractivity contribution in [3.8, 4) is 0 Å². The van der Waals surface area contributed by atoms with Crippen LogP contribution in [-0.2, 0) is 59.6 Å². The minimum Gasteiger partial charge on any atom is -0.459 e. The summed E-state index contributed by atoms with van der Waals surface area (Å²) in [5.41, 5.74) is -16.2. The van der Waals surface area contributed by atoms with E-state index >= 15 is 0 Å². The fourth-order valence-electron chi connectivity index (χ4n) is 6.00. The largest absolute Gasteiger partial charge is 0.459 e. The highest BCUT2D eigenvalue weighted by molar-refractivity contribution is 5.84. The lowest BCUT2D eigenvalue weighted by Crippen LogP contribution is -2.54. The number of rotatable bonds is 17. The Morgan fingerprint density at radius 1 is 0.576 bits per heavy atom. The van der Waals surface area contributed by atoms with E-state index in [0.717, 1.165) is 87.5 Å². The summed E-state index contributed by atoms with van der Waals surface area (Å²) in [6, 6.07) is 16.4. The molecule has 0 aliphatic rings. The lowest BCUT2D eigenvalue weighted by Gasteiger charge is -2.36. The van der Waals surface area contributed by atoms with Gasteiger partial charge in [-0.2, -0.15) is 39.5 Å². The Labute approximate surface area is 332 Å². The van der Waals surface area contributed by atoms with E-state index in [-0.39, 0.29) is 0 Å². The van der Waals surface area contributed by atoms with Crippen LogP contribution >= 0.6 is 0 Å². The van der Waals surface area contributed by atoms with Crippen LogP contribution in [0.2, 0.25) is 0 Å². The van der Waals surface area contributed by atoms with Crippen molar-refractivity contribution in [1.29, 1.82) is 0 Å². The SMILES string of the molecule is CO[C@@](C(=O)OC[C@@H](OC(=O)[C@](OC)(c1ccccc1)C(F)(F)F)/C(C)=C/C[C@H](OC(=O)[C@](OC)(c1ccccc1)C(F)(F)F)C(C)(C)O)(c1ccccc1)C(F)(F)F. The summed E-state index contributed by atoms with van der Waals surface area (Å²) in [6.07, 6.45) is -20.4. The van der Waals surface area contributed by atoms with Crippen molar-refractivity contribution in [3.05, 3.63) is 119 Å². The first-order valence-electron chi connectivity index (χ1n) is 17.3. The Bertz CT molecular complexity index is 1900. The van der Waals surface area contributed by atoms with E-state index < -0.39 is 106 Å². The van der Waals surface area contributed by atoms with Gasteiger partial charge < -0.3 is 33.5 Å². The van der Waals surface area contributed by atoms with Gasteiger partial charge in [0.2, 0.25) is 0 Å². The van der Waals surface area contributed by atoms with Crippen LogP contribution < -0.4 is 0 Å². The standard InChI is InChI=1S/C40H41F9O10/c1-25(22-23-30(34(2,3)53)59-33(52)37(56-6,40(47,48)49)28-20-14-9-15-21-28)29(58-32(51)36(55-5,39(44,45)46)27-18-12-8-13-19-27)24-57-31(50)35(54-4,38(41,42)43)26-16-10-7-11-17-26/h7-22,29-30,53H,23-24H2,1-6H3/b25-22+/t29-,30+,35-,36-,37-/m1/s1. The molecule has 0 unspecified atom stereocenters. The number of hydrogen-bond acceptors (Lipinski definition) is 10. The Kier molecular flexibility index (Phi) is 15.2. The Balaban J connectivity index is 2.13. The normalized spacial score (nSPS) is 17.1. The number of halogens is 9. The highest BCUT2D eigenvalue weighted by Gasteiger charge is 2.66. The average molecular weight is 853 g/mol. The molecule has 5 atom stereocenters. The van der Waals surface area contributed by atoms with E-state index in [1.165, 1.54) is 30.3 Å². The fraction of sp³-hybridized carbons (Fsp3) is 0.425. The number of alkyl halides is 9. The molecule has 0 amide bonds. The maximum Gasteiger partial charge on any atom is 0.432 e. The van der Waals surface area contributed by atoms with Gasteiger partial charge in [-0.3, -0.25) is 0 Å². The van der Waals surface area contributed by atoms with Gasteiger partial charge >= 0.3 is 36.4 Å². The first-order chi connectivity index (χ1) is 27.3. The third kappa shape index (κ3) is 9.74. The molecule has 0 aliphatic heterocycles. The average Bonchev–Trinajstić information content (AvgIpc) is 3.15. The molecule has 0 bridgehead atoms. The smallest absolute Gasteiger partial charge is 0.432 e. The van der Waals surface area contributed by atoms with Crippen molar-refractivity contribution >= 4 is 17.9 Å². The van der Waals surface area contributed by atoms with Crippen LogP contribution in [0, 0.1) is 0 Å². The zero-order valence-corrected chi connectivity index (χ0v) is 32.3. The predicted molar refractivity (Wildman–Crippen MR) is 189 cm³/mol. The van der Waals surface area contributed by atoms with E-state index in [4.69, 9.17) is 23.7 Å². The quantitative estimate of drug-likeness (QED) is 0.0623. The van der Waals surface area contributed by atoms with Crippen molar-refractivity contribution in [3.63, 3.8) is 0 Å². The summed E-state index contributed by atoms with van der Waals surface area (Å²) in [7, 11) is 1.68. The Morgan fingerprint density at radius 2 is 0.898 bits per heavy atom. The Morgan fingerprint density at radius 3 is 1.20 bits per heavy atom. The van der Waals surface area contributed by atoms with Crippen LogP contribution in [0.1, 0.15) is 43.9 Å². The summed E-state index contributed by atoms with van der Waals surface area (Å²) < 4.78 is 162. The second-order valence-electron chi connectivity index (χ2n) is 13.5. The third-order valence-corrected chi connectivity index (χ3v) is 9.33. The molecule has 324 valence electrons. The Hall–Kier alpha value is -4.98. The van der Waals surface area contributed by atoms with E-state index in [2.05, 4.69) is 4.74 Å². The number of carbonyl (C=O) groups is 3. The summed E-state index contributed by atoms with van der Waals surface area (Å²) in [6.45, 7) is 1.72. The van der Waals surface area contributed by atoms with Gasteiger partial charge in [0, 0.05) is 44.4 Å². The molecule has 0 saturated heterocycles. The van der Waals surface area contributed by atoms with Crippen LogP contribution in [0.4, 0.5) is 39.5 Å². The molecular formula is C40H41F9O10. The number of carbonyl (C=O) groups excluding carboxylic acids is 3. The second kappa shape index (κ2) is 18.5. The van der Waals surface area contributed by atoms with Crippen molar-refractivity contribution in [2.75, 3.05) is 27.9 Å². The first-order valence-corrected chi connectivity index (χ1v) is 17.3. The number of methoxy groups -OCH3 is 3. The molecule has 19 heteroatoms. The maximum atomic E-state index is 14.8. The molecule has 0 saturated carbocycles. The molecule has 0 aliphatic carbocycles. The van der Waals surface area contributed by atoms with Crippen molar-refractivity contribution in [2.24, 2.45) is 0 Å². The molecule has 0 aromatic heterocycles. The topological polar surface area (TPSA) is 127 Å². The molecule has 0 heterocycles. The van der Waals surface area contributed by atoms with Gasteiger partial charge in [-0.05, 0) is 26.3 Å². The van der Waals surface area contributed by atoms with E-state index in [1.54, 1.807) is 0 Å². The van der Waals surface area contributed by atoms with Crippen molar-refractivity contribution in [2.45, 2.75) is 80.3 Å². The van der Waals surface area contributed by atoms with Crippen LogP contribution in [0.3, 0.4) is 0 Å². The van der Waals surface area contributed by atoms with E-state index in [9.17, 15) is 59.0 Å². The zero-order chi connectivity index (χ0) is 44.7. The van der Waals surface area contributed by atoms with Gasteiger partial charge in [0.25, 0.3) is 16.8 Å².